The molecule has 0 aromatic rings. The van der Waals surface area contributed by atoms with E-state index in [0.717, 1.165) is 25.7 Å². The highest BCUT2D eigenvalue weighted by molar-refractivity contribution is 5.66. The van der Waals surface area contributed by atoms with Crippen LogP contribution in [0, 0.1) is 0 Å². The lowest BCUT2D eigenvalue weighted by molar-refractivity contribution is -0.140. The summed E-state index contributed by atoms with van der Waals surface area (Å²) in [5, 5.41) is 8.44. The van der Waals surface area contributed by atoms with Crippen molar-refractivity contribution in [2.45, 2.75) is 87.0 Å². The van der Waals surface area contributed by atoms with Crippen molar-refractivity contribution in [3.05, 3.63) is 46.6 Å². The molecule has 0 aromatic heterocycles. The number of carbonyl (C=O) groups excluding carboxylic acids is 1. The Morgan fingerprint density at radius 3 is 1.50 bits per heavy atom. The van der Waals surface area contributed by atoms with E-state index in [-0.39, 0.29) is 12.4 Å². The zero-order valence-electron chi connectivity index (χ0n) is 18.9. The smallest absolute Gasteiger partial charge is 0.303 e. The highest BCUT2D eigenvalue weighted by Crippen LogP contribution is 2.08. The molecule has 1 N–H and O–H groups in total. The summed E-state index contributed by atoms with van der Waals surface area (Å²) in [6.45, 7) is 14.3. The minimum atomic E-state index is -0.724. The maximum atomic E-state index is 10.5. The summed E-state index contributed by atoms with van der Waals surface area (Å²) in [5.41, 5.74) is 5.23. The van der Waals surface area contributed by atoms with E-state index in [4.69, 9.17) is 9.84 Å². The Kier molecular flexibility index (Phi) is 18.3. The second-order valence-corrected chi connectivity index (χ2v) is 7.48. The first-order chi connectivity index (χ1) is 13.0. The average Bonchev–Trinajstić information content (AvgIpc) is 2.54. The first kappa shape index (κ1) is 28.1. The number of hydrogen-bond acceptors (Lipinski definition) is 3. The van der Waals surface area contributed by atoms with Gasteiger partial charge in [-0.1, -0.05) is 40.5 Å². The number of allylic oxidation sites excluding steroid dienone is 7. The molecule has 0 aliphatic rings. The van der Waals surface area contributed by atoms with Gasteiger partial charge in [0.15, 0.2) is 0 Å². The van der Waals surface area contributed by atoms with Gasteiger partial charge in [0.2, 0.25) is 0 Å². The van der Waals surface area contributed by atoms with Crippen LogP contribution >= 0.6 is 0 Å². The van der Waals surface area contributed by atoms with Gasteiger partial charge in [-0.05, 0) is 79.7 Å². The van der Waals surface area contributed by atoms with E-state index in [1.54, 1.807) is 0 Å². The van der Waals surface area contributed by atoms with Gasteiger partial charge < -0.3 is 9.84 Å². The van der Waals surface area contributed by atoms with Gasteiger partial charge in [0.1, 0.15) is 6.61 Å². The molecule has 0 saturated carbocycles. The Hall–Kier alpha value is -2.10. The third-order valence-corrected chi connectivity index (χ3v) is 3.75. The predicted octanol–water partition coefficient (Wildman–Crippen LogP) is 6.79. The minimum Gasteiger partial charge on any atom is -0.481 e. The van der Waals surface area contributed by atoms with Crippen LogP contribution in [0.2, 0.25) is 0 Å². The van der Waals surface area contributed by atoms with Crippen LogP contribution in [0.1, 0.15) is 87.0 Å². The summed E-state index contributed by atoms with van der Waals surface area (Å²) in [6.07, 6.45) is 13.5. The molecule has 0 bridgehead atoms. The first-order valence-corrected chi connectivity index (χ1v) is 9.97. The van der Waals surface area contributed by atoms with E-state index < -0.39 is 5.97 Å². The second-order valence-electron chi connectivity index (χ2n) is 7.48. The topological polar surface area (TPSA) is 63.6 Å². The van der Waals surface area contributed by atoms with E-state index >= 15 is 0 Å². The third-order valence-electron chi connectivity index (χ3n) is 3.75. The van der Waals surface area contributed by atoms with Gasteiger partial charge in [0.05, 0.1) is 0 Å². The Morgan fingerprint density at radius 2 is 1.11 bits per heavy atom. The van der Waals surface area contributed by atoms with Gasteiger partial charge in [0.25, 0.3) is 0 Å². The summed E-state index contributed by atoms with van der Waals surface area (Å²) >= 11 is 0. The summed E-state index contributed by atoms with van der Waals surface area (Å²) < 4.78 is 4.81. The number of ether oxygens (including phenoxy) is 1. The summed E-state index contributed by atoms with van der Waals surface area (Å²) in [6, 6.07) is 0. The number of hydrogen-bond donors (Lipinski definition) is 1. The van der Waals surface area contributed by atoms with E-state index in [2.05, 4.69) is 53.7 Å². The molecule has 0 unspecified atom stereocenters. The van der Waals surface area contributed by atoms with Crippen molar-refractivity contribution in [3.63, 3.8) is 0 Å². The van der Waals surface area contributed by atoms with Crippen molar-refractivity contribution in [2.75, 3.05) is 6.61 Å². The number of esters is 1. The Labute approximate surface area is 172 Å². The van der Waals surface area contributed by atoms with Crippen LogP contribution in [0.15, 0.2) is 46.6 Å². The second kappa shape index (κ2) is 18.3. The minimum absolute atomic E-state index is 0.224. The Morgan fingerprint density at radius 1 is 0.679 bits per heavy atom. The summed E-state index contributed by atoms with van der Waals surface area (Å²) in [7, 11) is 0. The molecule has 0 aliphatic carbocycles. The lowest BCUT2D eigenvalue weighted by Crippen LogP contribution is -1.98. The number of aliphatic carboxylic acids is 1. The molecular weight excluding hydrogens is 352 g/mol. The molecule has 0 rings (SSSR count). The number of rotatable bonds is 11. The molecule has 0 saturated heterocycles. The van der Waals surface area contributed by atoms with Crippen molar-refractivity contribution < 1.29 is 19.4 Å². The van der Waals surface area contributed by atoms with Crippen LogP contribution in [-0.2, 0) is 14.3 Å². The van der Waals surface area contributed by atoms with Crippen LogP contribution < -0.4 is 0 Å². The van der Waals surface area contributed by atoms with Crippen molar-refractivity contribution in [1.82, 2.24) is 0 Å². The first-order valence-electron chi connectivity index (χ1n) is 9.97. The zero-order chi connectivity index (χ0) is 21.9. The van der Waals surface area contributed by atoms with E-state index in [0.29, 0.717) is 13.0 Å². The molecule has 4 nitrogen and oxygen atoms in total. The highest BCUT2D eigenvalue weighted by atomic mass is 16.5. The van der Waals surface area contributed by atoms with Crippen LogP contribution in [0.3, 0.4) is 0 Å². The molecule has 160 valence electrons. The van der Waals surface area contributed by atoms with Crippen molar-refractivity contribution >= 4 is 11.9 Å². The van der Waals surface area contributed by atoms with Gasteiger partial charge in [-0.25, -0.2) is 0 Å². The van der Waals surface area contributed by atoms with E-state index in [9.17, 15) is 9.59 Å². The van der Waals surface area contributed by atoms with Gasteiger partial charge >= 0.3 is 11.9 Å². The maximum Gasteiger partial charge on any atom is 0.303 e. The van der Waals surface area contributed by atoms with Gasteiger partial charge in [-0.2, -0.15) is 0 Å². The Bertz CT molecular complexity index is 517. The molecule has 0 amide bonds. The van der Waals surface area contributed by atoms with Crippen LogP contribution in [0.25, 0.3) is 0 Å². The lowest BCUT2D eigenvalue weighted by Gasteiger charge is -2.00. The molecular formula is C24H40O4. The molecule has 0 aliphatic heterocycles. The number of carboxylic acids is 1. The molecule has 28 heavy (non-hydrogen) atoms. The quantitative estimate of drug-likeness (QED) is 0.311. The average molecular weight is 393 g/mol. The maximum absolute atomic E-state index is 10.5. The molecule has 4 heteroatoms. The number of carboxylic acid groups (broad SMARTS) is 1. The Balaban J connectivity index is 0. The van der Waals surface area contributed by atoms with Crippen LogP contribution in [0.4, 0.5) is 0 Å². The fourth-order valence-electron chi connectivity index (χ4n) is 2.12. The largest absolute Gasteiger partial charge is 0.481 e. The highest BCUT2D eigenvalue weighted by Gasteiger charge is 1.94. The molecule has 0 heterocycles. The molecule has 0 atom stereocenters. The monoisotopic (exact) mass is 392 g/mol. The molecule has 0 spiro atoms. The zero-order valence-corrected chi connectivity index (χ0v) is 18.9. The number of carbonyl (C=O) groups is 2. The van der Waals surface area contributed by atoms with Crippen molar-refractivity contribution in [2.24, 2.45) is 0 Å². The van der Waals surface area contributed by atoms with Gasteiger partial charge in [-0.3, -0.25) is 9.59 Å². The normalized spacial score (nSPS) is 11.1. The summed E-state index contributed by atoms with van der Waals surface area (Å²) in [5.74, 6) is -0.948. The van der Waals surface area contributed by atoms with Crippen LogP contribution in [-0.4, -0.2) is 23.7 Å². The third kappa shape index (κ3) is 26.1. The van der Waals surface area contributed by atoms with Crippen molar-refractivity contribution in [1.29, 1.82) is 0 Å². The van der Waals surface area contributed by atoms with Crippen molar-refractivity contribution in [3.8, 4) is 0 Å². The van der Waals surface area contributed by atoms with E-state index in [1.165, 1.54) is 29.2 Å². The molecule has 0 aromatic carbocycles. The van der Waals surface area contributed by atoms with Crippen LogP contribution in [0.5, 0.6) is 0 Å². The fraction of sp³-hybridized carbons (Fsp3) is 0.583. The molecule has 0 fully saturated rings. The lowest BCUT2D eigenvalue weighted by atomic mass is 10.1. The van der Waals surface area contributed by atoms with Gasteiger partial charge in [-0.15, -0.1) is 0 Å². The fourth-order valence-corrected chi connectivity index (χ4v) is 2.12. The van der Waals surface area contributed by atoms with Gasteiger partial charge in [0, 0.05) is 13.3 Å². The molecule has 0 radical (unpaired) electrons. The van der Waals surface area contributed by atoms with E-state index in [1.807, 2.05) is 12.2 Å². The SMILES string of the molecule is CC(=O)OC/C=C(\C)CCC=C(C)C.CC(C)=CCC/C(C)=C/CCC(=O)O. The summed E-state index contributed by atoms with van der Waals surface area (Å²) in [4.78, 5) is 20.7. The predicted molar refractivity (Wildman–Crippen MR) is 118 cm³/mol. The standard InChI is InChI=1S/2C12H20O2/c1-10(2)6-5-7-11(3)8-9-14-12(4)13;1-10(2)6-4-7-11(3)8-5-9-12(13)14/h6,8H,5,7,9H2,1-4H3;6,8H,4-5,7,9H2,1-3H3,(H,13,14)/b2*11-8+.